The Kier molecular flexibility index (Phi) is 6.39. The fraction of sp³-hybridized carbons (Fsp3) is 0.263. The van der Waals surface area contributed by atoms with Crippen molar-refractivity contribution in [1.29, 1.82) is 0 Å². The van der Waals surface area contributed by atoms with E-state index in [0.717, 1.165) is 6.42 Å². The van der Waals surface area contributed by atoms with Gasteiger partial charge in [-0.2, -0.15) is 0 Å². The first-order valence-corrected chi connectivity index (χ1v) is 7.88. The smallest absolute Gasteiger partial charge is 0.335 e. The third kappa shape index (κ3) is 5.84. The normalized spacial score (nSPS) is 11.6. The Morgan fingerprint density at radius 1 is 0.840 bits per heavy atom. The zero-order valence-corrected chi connectivity index (χ0v) is 13.8. The molecule has 6 nitrogen and oxygen atoms in total. The van der Waals surface area contributed by atoms with E-state index in [1.165, 1.54) is 24.3 Å². The third-order valence-electron chi connectivity index (χ3n) is 3.62. The third-order valence-corrected chi connectivity index (χ3v) is 3.62. The molecule has 0 saturated carbocycles. The van der Waals surface area contributed by atoms with Crippen molar-refractivity contribution in [2.45, 2.75) is 13.3 Å². The van der Waals surface area contributed by atoms with Crippen molar-refractivity contribution < 1.29 is 29.3 Å². The summed E-state index contributed by atoms with van der Waals surface area (Å²) >= 11 is 0. The maximum absolute atomic E-state index is 10.8. The lowest BCUT2D eigenvalue weighted by Crippen LogP contribution is -2.12. The number of benzene rings is 2. The van der Waals surface area contributed by atoms with Gasteiger partial charge in [0.05, 0.1) is 24.3 Å². The van der Waals surface area contributed by atoms with Crippen LogP contribution in [0.1, 0.15) is 34.1 Å². The number of carboxylic acid groups (broad SMARTS) is 2. The highest BCUT2D eigenvalue weighted by molar-refractivity contribution is 5.88. The van der Waals surface area contributed by atoms with Crippen LogP contribution in [0.3, 0.4) is 0 Å². The zero-order valence-electron chi connectivity index (χ0n) is 13.8. The highest BCUT2D eigenvalue weighted by atomic mass is 16.5. The molecule has 2 aromatic rings. The highest BCUT2D eigenvalue weighted by Gasteiger charge is 2.07. The van der Waals surface area contributed by atoms with E-state index in [0.29, 0.717) is 24.7 Å². The molecule has 1 atom stereocenters. The molecule has 25 heavy (non-hydrogen) atoms. The summed E-state index contributed by atoms with van der Waals surface area (Å²) in [5, 5.41) is 17.7. The summed E-state index contributed by atoms with van der Waals surface area (Å²) in [6.07, 6.45) is 0.772. The van der Waals surface area contributed by atoms with E-state index in [1.807, 2.05) is 6.92 Å². The monoisotopic (exact) mass is 344 g/mol. The summed E-state index contributed by atoms with van der Waals surface area (Å²) in [6, 6.07) is 12.6. The quantitative estimate of drug-likeness (QED) is 0.722. The van der Waals surface area contributed by atoms with Gasteiger partial charge in [0.25, 0.3) is 0 Å². The van der Waals surface area contributed by atoms with Crippen molar-refractivity contribution in [3.05, 3.63) is 59.7 Å². The van der Waals surface area contributed by atoms with Crippen molar-refractivity contribution in [3.63, 3.8) is 0 Å². The molecular formula is C19H20O6. The molecule has 0 heterocycles. The molecule has 0 saturated heterocycles. The summed E-state index contributed by atoms with van der Waals surface area (Å²) in [6.45, 7) is 3.02. The molecule has 2 aromatic carbocycles. The molecule has 0 amide bonds. The van der Waals surface area contributed by atoms with Gasteiger partial charge < -0.3 is 19.7 Å². The van der Waals surface area contributed by atoms with Crippen LogP contribution in [-0.2, 0) is 0 Å². The molecule has 0 bridgehead atoms. The number of hydrogen-bond acceptors (Lipinski definition) is 4. The first-order valence-electron chi connectivity index (χ1n) is 7.88. The van der Waals surface area contributed by atoms with E-state index in [-0.39, 0.29) is 17.0 Å². The molecule has 0 radical (unpaired) electrons. The molecule has 2 N–H and O–H groups in total. The lowest BCUT2D eigenvalue weighted by Gasteiger charge is -2.14. The largest absolute Gasteiger partial charge is 0.494 e. The summed E-state index contributed by atoms with van der Waals surface area (Å²) in [7, 11) is 0. The Morgan fingerprint density at radius 3 is 1.72 bits per heavy atom. The SMILES string of the molecule is CC(CCOc1ccc(C(=O)O)cc1)COc1ccc(C(=O)O)cc1. The minimum absolute atomic E-state index is 0.225. The molecule has 0 aliphatic carbocycles. The average Bonchev–Trinajstić information content (AvgIpc) is 2.60. The molecule has 0 fully saturated rings. The minimum Gasteiger partial charge on any atom is -0.494 e. The van der Waals surface area contributed by atoms with E-state index in [4.69, 9.17) is 19.7 Å². The van der Waals surface area contributed by atoms with Gasteiger partial charge in [0, 0.05) is 0 Å². The Morgan fingerprint density at radius 2 is 1.28 bits per heavy atom. The van der Waals surface area contributed by atoms with Gasteiger partial charge in [-0.25, -0.2) is 9.59 Å². The molecule has 0 aromatic heterocycles. The van der Waals surface area contributed by atoms with E-state index < -0.39 is 11.9 Å². The first-order chi connectivity index (χ1) is 12.0. The zero-order chi connectivity index (χ0) is 18.2. The summed E-state index contributed by atoms with van der Waals surface area (Å²) in [4.78, 5) is 21.6. The molecule has 132 valence electrons. The molecule has 0 aliphatic rings. The van der Waals surface area contributed by atoms with Crippen molar-refractivity contribution in [2.75, 3.05) is 13.2 Å². The number of hydrogen-bond donors (Lipinski definition) is 2. The molecule has 0 aliphatic heterocycles. The van der Waals surface area contributed by atoms with Crippen LogP contribution in [0.4, 0.5) is 0 Å². The van der Waals surface area contributed by atoms with Crippen molar-refractivity contribution in [1.82, 2.24) is 0 Å². The number of rotatable bonds is 9. The van der Waals surface area contributed by atoms with Gasteiger partial charge in [-0.1, -0.05) is 6.92 Å². The molecule has 0 spiro atoms. The van der Waals surface area contributed by atoms with Crippen LogP contribution in [0, 0.1) is 5.92 Å². The summed E-state index contributed by atoms with van der Waals surface area (Å²) in [5.41, 5.74) is 0.450. The van der Waals surface area contributed by atoms with Gasteiger partial charge in [0.15, 0.2) is 0 Å². The lowest BCUT2D eigenvalue weighted by atomic mass is 10.1. The number of ether oxygens (including phenoxy) is 2. The predicted molar refractivity (Wildman–Crippen MR) is 91.6 cm³/mol. The Hall–Kier alpha value is -3.02. The van der Waals surface area contributed by atoms with Gasteiger partial charge in [-0.3, -0.25) is 0 Å². The predicted octanol–water partition coefficient (Wildman–Crippen LogP) is 3.57. The van der Waals surface area contributed by atoms with Crippen molar-refractivity contribution in [2.24, 2.45) is 5.92 Å². The Bertz CT molecular complexity index is 706. The van der Waals surface area contributed by atoms with E-state index in [2.05, 4.69) is 0 Å². The van der Waals surface area contributed by atoms with Gasteiger partial charge in [-0.15, -0.1) is 0 Å². The fourth-order valence-corrected chi connectivity index (χ4v) is 2.09. The van der Waals surface area contributed by atoms with Gasteiger partial charge in [-0.05, 0) is 60.9 Å². The number of aromatic carboxylic acids is 2. The second kappa shape index (κ2) is 8.73. The fourth-order valence-electron chi connectivity index (χ4n) is 2.09. The molecular weight excluding hydrogens is 324 g/mol. The van der Waals surface area contributed by atoms with Crippen molar-refractivity contribution >= 4 is 11.9 Å². The van der Waals surface area contributed by atoms with E-state index >= 15 is 0 Å². The summed E-state index contributed by atoms with van der Waals surface area (Å²) in [5.74, 6) is -0.427. The average molecular weight is 344 g/mol. The Labute approximate surface area is 145 Å². The second-order valence-corrected chi connectivity index (χ2v) is 5.71. The number of carboxylic acids is 2. The van der Waals surface area contributed by atoms with Crippen LogP contribution in [0.25, 0.3) is 0 Å². The van der Waals surface area contributed by atoms with Crippen LogP contribution in [-0.4, -0.2) is 35.4 Å². The minimum atomic E-state index is -0.964. The molecule has 2 rings (SSSR count). The van der Waals surface area contributed by atoms with Gasteiger partial charge in [0.2, 0.25) is 0 Å². The summed E-state index contributed by atoms with van der Waals surface area (Å²) < 4.78 is 11.2. The first kappa shape index (κ1) is 18.3. The van der Waals surface area contributed by atoms with E-state index in [1.54, 1.807) is 24.3 Å². The van der Waals surface area contributed by atoms with Crippen molar-refractivity contribution in [3.8, 4) is 11.5 Å². The molecule has 1 unspecified atom stereocenters. The second-order valence-electron chi connectivity index (χ2n) is 5.71. The van der Waals surface area contributed by atoms with Crippen LogP contribution < -0.4 is 9.47 Å². The Balaban J connectivity index is 1.70. The highest BCUT2D eigenvalue weighted by Crippen LogP contribution is 2.16. The van der Waals surface area contributed by atoms with Crippen LogP contribution in [0.15, 0.2) is 48.5 Å². The topological polar surface area (TPSA) is 93.1 Å². The van der Waals surface area contributed by atoms with Gasteiger partial charge in [0.1, 0.15) is 11.5 Å². The standard InChI is InChI=1S/C19H20O6/c1-13(12-25-17-8-4-15(5-9-17)19(22)23)10-11-24-16-6-2-14(3-7-16)18(20)21/h2-9,13H,10-12H2,1H3,(H,20,21)(H,22,23). The lowest BCUT2D eigenvalue weighted by molar-refractivity contribution is 0.0686. The van der Waals surface area contributed by atoms with Gasteiger partial charge >= 0.3 is 11.9 Å². The van der Waals surface area contributed by atoms with Crippen LogP contribution in [0.2, 0.25) is 0 Å². The van der Waals surface area contributed by atoms with Crippen LogP contribution >= 0.6 is 0 Å². The molecule has 6 heteroatoms. The maximum Gasteiger partial charge on any atom is 0.335 e. The maximum atomic E-state index is 10.8. The van der Waals surface area contributed by atoms with Crippen LogP contribution in [0.5, 0.6) is 11.5 Å². The number of carbonyl (C=O) groups is 2. The van der Waals surface area contributed by atoms with E-state index in [9.17, 15) is 9.59 Å².